The molecule has 1 heterocycles. The standard InChI is InChI=1S/C4H6Cl2OS/c5-4(6)1-2-8-7-3-4/h1-3H2. The van der Waals surface area contributed by atoms with Crippen LogP contribution < -0.4 is 0 Å². The molecule has 1 aliphatic rings. The monoisotopic (exact) mass is 172 g/mol. The molecule has 0 spiro atoms. The van der Waals surface area contributed by atoms with Crippen LogP contribution in [0.3, 0.4) is 0 Å². The minimum Gasteiger partial charge on any atom is -0.312 e. The average molecular weight is 173 g/mol. The number of hydrogen-bond acceptors (Lipinski definition) is 2. The topological polar surface area (TPSA) is 9.23 Å². The zero-order valence-corrected chi connectivity index (χ0v) is 6.52. The third-order valence-electron chi connectivity index (χ3n) is 0.905. The van der Waals surface area contributed by atoms with Gasteiger partial charge >= 0.3 is 0 Å². The van der Waals surface area contributed by atoms with Gasteiger partial charge in [-0.25, -0.2) is 0 Å². The molecule has 0 amide bonds. The van der Waals surface area contributed by atoms with Gasteiger partial charge in [-0.3, -0.25) is 0 Å². The van der Waals surface area contributed by atoms with Gasteiger partial charge in [-0.1, -0.05) is 23.2 Å². The zero-order chi connectivity index (χ0) is 6.04. The van der Waals surface area contributed by atoms with E-state index in [1.54, 1.807) is 0 Å². The summed E-state index contributed by atoms with van der Waals surface area (Å²) in [7, 11) is 0. The van der Waals surface area contributed by atoms with Crippen molar-refractivity contribution >= 4 is 35.2 Å². The van der Waals surface area contributed by atoms with Crippen molar-refractivity contribution in [2.24, 2.45) is 0 Å². The molecule has 0 aromatic heterocycles. The van der Waals surface area contributed by atoms with E-state index in [2.05, 4.69) is 0 Å². The Morgan fingerprint density at radius 2 is 2.25 bits per heavy atom. The van der Waals surface area contributed by atoms with Gasteiger partial charge in [0, 0.05) is 5.75 Å². The molecular weight excluding hydrogens is 167 g/mol. The molecule has 1 rings (SSSR count). The van der Waals surface area contributed by atoms with Crippen LogP contribution in [0.15, 0.2) is 0 Å². The van der Waals surface area contributed by atoms with Crippen molar-refractivity contribution in [1.82, 2.24) is 0 Å². The molecule has 0 atom stereocenters. The zero-order valence-electron chi connectivity index (χ0n) is 4.19. The van der Waals surface area contributed by atoms with Crippen LogP contribution in [0.2, 0.25) is 0 Å². The van der Waals surface area contributed by atoms with E-state index in [0.717, 1.165) is 12.2 Å². The molecule has 1 aliphatic heterocycles. The van der Waals surface area contributed by atoms with Gasteiger partial charge in [0.2, 0.25) is 0 Å². The summed E-state index contributed by atoms with van der Waals surface area (Å²) < 4.78 is 4.32. The first-order chi connectivity index (χ1) is 3.71. The normalized spacial score (nSPS) is 27.8. The molecule has 0 aromatic rings. The molecule has 4 heteroatoms. The number of halogens is 2. The summed E-state index contributed by atoms with van der Waals surface area (Å²) in [5, 5.41) is 0. The molecule has 0 aliphatic carbocycles. The molecule has 8 heavy (non-hydrogen) atoms. The Kier molecular flexibility index (Phi) is 2.32. The summed E-state index contributed by atoms with van der Waals surface area (Å²) in [6, 6.07) is 0. The fourth-order valence-corrected chi connectivity index (χ4v) is 1.94. The largest absolute Gasteiger partial charge is 0.312 e. The van der Waals surface area contributed by atoms with Crippen molar-refractivity contribution < 1.29 is 4.18 Å². The first kappa shape index (κ1) is 7.00. The van der Waals surface area contributed by atoms with Crippen LogP contribution >= 0.6 is 35.2 Å². The molecule has 0 unspecified atom stereocenters. The molecule has 48 valence electrons. The van der Waals surface area contributed by atoms with Crippen molar-refractivity contribution in [1.29, 1.82) is 0 Å². The summed E-state index contributed by atoms with van der Waals surface area (Å²) in [4.78, 5) is 0. The SMILES string of the molecule is ClC1(Cl)CCSOC1. The van der Waals surface area contributed by atoms with Crippen molar-refractivity contribution in [2.45, 2.75) is 10.8 Å². The van der Waals surface area contributed by atoms with Crippen LogP contribution in [0, 0.1) is 0 Å². The second-order valence-electron chi connectivity index (χ2n) is 1.69. The van der Waals surface area contributed by atoms with Gasteiger partial charge in [-0.05, 0) is 18.5 Å². The van der Waals surface area contributed by atoms with Gasteiger partial charge in [-0.15, -0.1) is 0 Å². The van der Waals surface area contributed by atoms with E-state index in [0.29, 0.717) is 6.61 Å². The second kappa shape index (κ2) is 2.65. The first-order valence-corrected chi connectivity index (χ1v) is 4.00. The Hall–Kier alpha value is 0.890. The lowest BCUT2D eigenvalue weighted by Gasteiger charge is -2.22. The molecule has 1 nitrogen and oxygen atoms in total. The van der Waals surface area contributed by atoms with Gasteiger partial charge in [0.25, 0.3) is 0 Å². The van der Waals surface area contributed by atoms with Crippen LogP contribution in [0.25, 0.3) is 0 Å². The van der Waals surface area contributed by atoms with E-state index < -0.39 is 4.33 Å². The Labute approximate surface area is 62.9 Å². The van der Waals surface area contributed by atoms with Crippen LogP contribution in [0.4, 0.5) is 0 Å². The summed E-state index contributed by atoms with van der Waals surface area (Å²) in [6.07, 6.45) is 0.820. The van der Waals surface area contributed by atoms with Gasteiger partial charge < -0.3 is 4.18 Å². The average Bonchev–Trinajstić information content (AvgIpc) is 1.65. The first-order valence-electron chi connectivity index (χ1n) is 2.33. The smallest absolute Gasteiger partial charge is 0.143 e. The molecule has 0 bridgehead atoms. The van der Waals surface area contributed by atoms with Crippen LogP contribution in [-0.4, -0.2) is 16.7 Å². The Morgan fingerprint density at radius 1 is 1.50 bits per heavy atom. The predicted molar refractivity (Wildman–Crippen MR) is 37.5 cm³/mol. The molecule has 0 radical (unpaired) electrons. The molecule has 1 fully saturated rings. The fourth-order valence-electron chi connectivity index (χ4n) is 0.450. The van der Waals surface area contributed by atoms with Gasteiger partial charge in [0.05, 0.1) is 6.61 Å². The van der Waals surface area contributed by atoms with Crippen LogP contribution in [0.5, 0.6) is 0 Å². The van der Waals surface area contributed by atoms with Gasteiger partial charge in [-0.2, -0.15) is 0 Å². The van der Waals surface area contributed by atoms with E-state index in [1.165, 1.54) is 12.0 Å². The van der Waals surface area contributed by atoms with Crippen LogP contribution in [0.1, 0.15) is 6.42 Å². The molecular formula is C4H6Cl2OS. The van der Waals surface area contributed by atoms with E-state index in [9.17, 15) is 0 Å². The van der Waals surface area contributed by atoms with Crippen molar-refractivity contribution in [3.63, 3.8) is 0 Å². The highest BCUT2D eigenvalue weighted by Gasteiger charge is 2.27. The van der Waals surface area contributed by atoms with Crippen LogP contribution in [-0.2, 0) is 4.18 Å². The summed E-state index contributed by atoms with van der Waals surface area (Å²) in [6.45, 7) is 0.445. The summed E-state index contributed by atoms with van der Waals surface area (Å²) in [5.74, 6) is 0.896. The molecule has 0 aromatic carbocycles. The second-order valence-corrected chi connectivity index (χ2v) is 4.21. The maximum absolute atomic E-state index is 5.70. The van der Waals surface area contributed by atoms with Crippen molar-refractivity contribution in [3.8, 4) is 0 Å². The fraction of sp³-hybridized carbons (Fsp3) is 1.00. The number of rotatable bonds is 0. The predicted octanol–water partition coefficient (Wildman–Crippen LogP) is 2.23. The minimum absolute atomic E-state index is 0.445. The third-order valence-corrected chi connectivity index (χ3v) is 2.16. The Balaban J connectivity index is 2.33. The lowest BCUT2D eigenvalue weighted by atomic mass is 10.3. The molecule has 0 N–H and O–H groups in total. The quantitative estimate of drug-likeness (QED) is 0.410. The molecule has 1 saturated heterocycles. The highest BCUT2D eigenvalue weighted by atomic mass is 35.5. The highest BCUT2D eigenvalue weighted by Crippen LogP contribution is 2.32. The number of hydrogen-bond donors (Lipinski definition) is 0. The number of alkyl halides is 2. The maximum Gasteiger partial charge on any atom is 0.143 e. The Bertz CT molecular complexity index is 78.1. The van der Waals surface area contributed by atoms with Gasteiger partial charge in [0.15, 0.2) is 0 Å². The highest BCUT2D eigenvalue weighted by molar-refractivity contribution is 7.94. The van der Waals surface area contributed by atoms with Crippen molar-refractivity contribution in [3.05, 3.63) is 0 Å². The Morgan fingerprint density at radius 3 is 2.50 bits per heavy atom. The van der Waals surface area contributed by atoms with Crippen molar-refractivity contribution in [2.75, 3.05) is 12.4 Å². The van der Waals surface area contributed by atoms with E-state index in [1.807, 2.05) is 0 Å². The van der Waals surface area contributed by atoms with Gasteiger partial charge in [0.1, 0.15) is 4.33 Å². The lowest BCUT2D eigenvalue weighted by molar-refractivity contribution is 0.333. The maximum atomic E-state index is 5.70. The summed E-state index contributed by atoms with van der Waals surface area (Å²) in [5.41, 5.74) is 0. The van der Waals surface area contributed by atoms with E-state index >= 15 is 0 Å². The lowest BCUT2D eigenvalue weighted by Crippen LogP contribution is -2.24. The van der Waals surface area contributed by atoms with E-state index in [4.69, 9.17) is 27.4 Å². The summed E-state index contributed by atoms with van der Waals surface area (Å²) >= 11 is 12.8. The minimum atomic E-state index is -0.620. The molecule has 0 saturated carbocycles. The third kappa shape index (κ3) is 2.02. The van der Waals surface area contributed by atoms with E-state index in [-0.39, 0.29) is 0 Å².